The number of pyridine rings is 1. The maximum Gasteiger partial charge on any atom is 0.248 e. The van der Waals surface area contributed by atoms with Gasteiger partial charge in [0.05, 0.1) is 25.1 Å². The molecule has 0 bridgehead atoms. The molecule has 6 heteroatoms. The van der Waals surface area contributed by atoms with E-state index in [9.17, 15) is 4.79 Å². The number of benzene rings is 1. The lowest BCUT2D eigenvalue weighted by molar-refractivity contribution is -0.111. The number of carbonyl (C=O) groups is 1. The fourth-order valence-electron chi connectivity index (χ4n) is 3.00. The fourth-order valence-corrected chi connectivity index (χ4v) is 3.00. The molecule has 1 aliphatic rings. The third kappa shape index (κ3) is 3.60. The van der Waals surface area contributed by atoms with Crippen molar-refractivity contribution in [3.8, 4) is 0 Å². The van der Waals surface area contributed by atoms with Crippen LogP contribution in [0.15, 0.2) is 60.9 Å². The lowest BCUT2D eigenvalue weighted by Crippen LogP contribution is -2.36. The van der Waals surface area contributed by atoms with E-state index < -0.39 is 0 Å². The number of nitrogens with one attached hydrogen (secondary N) is 1. The highest BCUT2D eigenvalue weighted by Crippen LogP contribution is 2.19. The van der Waals surface area contributed by atoms with Crippen molar-refractivity contribution >= 4 is 29.0 Å². The number of aromatic nitrogens is 2. The molecule has 6 nitrogen and oxygen atoms in total. The highest BCUT2D eigenvalue weighted by Gasteiger charge is 2.10. The minimum Gasteiger partial charge on any atom is -0.378 e. The summed E-state index contributed by atoms with van der Waals surface area (Å²) in [5, 5.41) is 2.88. The Morgan fingerprint density at radius 1 is 1.12 bits per heavy atom. The Kier molecular flexibility index (Phi) is 4.66. The van der Waals surface area contributed by atoms with Crippen molar-refractivity contribution in [2.45, 2.75) is 0 Å². The van der Waals surface area contributed by atoms with E-state index in [0.717, 1.165) is 49.0 Å². The summed E-state index contributed by atoms with van der Waals surface area (Å²) in [6, 6.07) is 13.7. The third-order valence-electron chi connectivity index (χ3n) is 4.36. The maximum atomic E-state index is 12.2. The van der Waals surface area contributed by atoms with E-state index in [4.69, 9.17) is 4.74 Å². The van der Waals surface area contributed by atoms with Crippen molar-refractivity contribution in [2.75, 3.05) is 36.5 Å². The molecule has 1 amide bonds. The number of anilines is 2. The van der Waals surface area contributed by atoms with Crippen LogP contribution in [0.4, 0.5) is 11.4 Å². The van der Waals surface area contributed by atoms with Gasteiger partial charge in [-0.15, -0.1) is 0 Å². The van der Waals surface area contributed by atoms with Gasteiger partial charge in [0, 0.05) is 36.7 Å². The zero-order valence-corrected chi connectivity index (χ0v) is 14.3. The van der Waals surface area contributed by atoms with Crippen LogP contribution in [0.2, 0.25) is 0 Å². The van der Waals surface area contributed by atoms with Gasteiger partial charge in [-0.1, -0.05) is 6.07 Å². The first kappa shape index (κ1) is 16.4. The Morgan fingerprint density at radius 2 is 1.92 bits per heavy atom. The summed E-state index contributed by atoms with van der Waals surface area (Å²) in [7, 11) is 0. The van der Waals surface area contributed by atoms with Crippen LogP contribution in [-0.2, 0) is 9.53 Å². The van der Waals surface area contributed by atoms with Gasteiger partial charge in [0.25, 0.3) is 0 Å². The normalized spacial score (nSPS) is 14.8. The molecular weight excluding hydrogens is 328 g/mol. The van der Waals surface area contributed by atoms with Crippen LogP contribution in [0.3, 0.4) is 0 Å². The van der Waals surface area contributed by atoms with Crippen LogP contribution in [-0.4, -0.2) is 41.6 Å². The molecule has 2 aromatic heterocycles. The molecule has 0 unspecified atom stereocenters. The monoisotopic (exact) mass is 348 g/mol. The second-order valence-electron chi connectivity index (χ2n) is 6.08. The first-order valence-corrected chi connectivity index (χ1v) is 8.63. The molecule has 3 heterocycles. The van der Waals surface area contributed by atoms with Gasteiger partial charge >= 0.3 is 0 Å². The highest BCUT2D eigenvalue weighted by atomic mass is 16.5. The second kappa shape index (κ2) is 7.41. The predicted octanol–water partition coefficient (Wildman–Crippen LogP) is 2.82. The molecular formula is C20H20N4O2. The molecule has 1 N–H and O–H groups in total. The Morgan fingerprint density at radius 3 is 2.73 bits per heavy atom. The molecule has 1 aliphatic heterocycles. The average Bonchev–Trinajstić information content (AvgIpc) is 3.11. The molecule has 0 spiro atoms. The summed E-state index contributed by atoms with van der Waals surface area (Å²) >= 11 is 0. The van der Waals surface area contributed by atoms with Gasteiger partial charge < -0.3 is 19.4 Å². The van der Waals surface area contributed by atoms with E-state index in [1.807, 2.05) is 53.1 Å². The summed E-state index contributed by atoms with van der Waals surface area (Å²) in [6.07, 6.45) is 6.95. The number of morpholine rings is 1. The summed E-state index contributed by atoms with van der Waals surface area (Å²) in [5.74, 6) is -0.171. The van der Waals surface area contributed by atoms with Crippen LogP contribution in [0, 0.1) is 0 Å². The fraction of sp³-hybridized carbons (Fsp3) is 0.200. The lowest BCUT2D eigenvalue weighted by Gasteiger charge is -2.28. The number of hydrogen-bond acceptors (Lipinski definition) is 4. The van der Waals surface area contributed by atoms with Crippen LogP contribution >= 0.6 is 0 Å². The lowest BCUT2D eigenvalue weighted by atomic mass is 10.2. The van der Waals surface area contributed by atoms with Gasteiger partial charge in [0.2, 0.25) is 5.91 Å². The van der Waals surface area contributed by atoms with Crippen LogP contribution in [0.25, 0.3) is 11.7 Å². The Labute approximate surface area is 151 Å². The molecule has 132 valence electrons. The number of imidazole rings is 1. The number of ether oxygens (including phenoxy) is 1. The number of hydrogen-bond donors (Lipinski definition) is 1. The third-order valence-corrected chi connectivity index (χ3v) is 4.36. The van der Waals surface area contributed by atoms with Crippen molar-refractivity contribution in [1.29, 1.82) is 0 Å². The Balaban J connectivity index is 1.40. The van der Waals surface area contributed by atoms with Crippen LogP contribution in [0.1, 0.15) is 5.69 Å². The van der Waals surface area contributed by atoms with Crippen LogP contribution in [0.5, 0.6) is 0 Å². The second-order valence-corrected chi connectivity index (χ2v) is 6.08. The van der Waals surface area contributed by atoms with E-state index in [0.29, 0.717) is 0 Å². The molecule has 0 aliphatic carbocycles. The van der Waals surface area contributed by atoms with E-state index in [2.05, 4.69) is 15.2 Å². The molecule has 0 saturated carbocycles. The first-order valence-electron chi connectivity index (χ1n) is 8.63. The number of carbonyl (C=O) groups excluding carboxylic acids is 1. The summed E-state index contributed by atoms with van der Waals surface area (Å²) in [5.41, 5.74) is 3.63. The summed E-state index contributed by atoms with van der Waals surface area (Å²) in [4.78, 5) is 18.8. The van der Waals surface area contributed by atoms with Crippen molar-refractivity contribution in [3.05, 3.63) is 66.6 Å². The van der Waals surface area contributed by atoms with E-state index >= 15 is 0 Å². The smallest absolute Gasteiger partial charge is 0.248 e. The largest absolute Gasteiger partial charge is 0.378 e. The molecule has 0 atom stereocenters. The first-order chi connectivity index (χ1) is 12.8. The average molecular weight is 348 g/mol. The minimum atomic E-state index is -0.171. The van der Waals surface area contributed by atoms with Crippen molar-refractivity contribution in [2.24, 2.45) is 0 Å². The number of fused-ring (bicyclic) bond motifs is 1. The van der Waals surface area contributed by atoms with Gasteiger partial charge in [0.15, 0.2) is 0 Å². The zero-order valence-electron chi connectivity index (χ0n) is 14.3. The molecule has 1 fully saturated rings. The number of amides is 1. The minimum absolute atomic E-state index is 0.171. The Hall–Kier alpha value is -3.12. The maximum absolute atomic E-state index is 12.2. The number of nitrogens with zero attached hydrogens (tertiary/aromatic N) is 3. The summed E-state index contributed by atoms with van der Waals surface area (Å²) in [6.45, 7) is 3.31. The van der Waals surface area contributed by atoms with E-state index in [1.54, 1.807) is 12.3 Å². The molecule has 3 aromatic rings. The van der Waals surface area contributed by atoms with Gasteiger partial charge in [0.1, 0.15) is 5.65 Å². The molecule has 26 heavy (non-hydrogen) atoms. The molecule has 1 saturated heterocycles. The molecule has 1 aromatic carbocycles. The van der Waals surface area contributed by atoms with E-state index in [-0.39, 0.29) is 5.91 Å². The van der Waals surface area contributed by atoms with Crippen molar-refractivity contribution < 1.29 is 9.53 Å². The highest BCUT2D eigenvalue weighted by molar-refractivity contribution is 6.01. The Bertz CT molecular complexity index is 924. The topological polar surface area (TPSA) is 58.9 Å². The standard InChI is InChI=1S/C20H20N4O2/c25-20(9-8-18-15-21-19-3-1-2-10-24(18)19)22-16-4-6-17(7-5-16)23-11-13-26-14-12-23/h1-10,15H,11-14H2,(H,22,25)/b9-8+. The van der Waals surface area contributed by atoms with Gasteiger partial charge in [-0.25, -0.2) is 4.98 Å². The molecule has 4 rings (SSSR count). The summed E-state index contributed by atoms with van der Waals surface area (Å²) < 4.78 is 7.30. The van der Waals surface area contributed by atoms with Gasteiger partial charge in [-0.2, -0.15) is 0 Å². The molecule has 0 radical (unpaired) electrons. The van der Waals surface area contributed by atoms with E-state index in [1.165, 1.54) is 6.08 Å². The van der Waals surface area contributed by atoms with Crippen LogP contribution < -0.4 is 10.2 Å². The van der Waals surface area contributed by atoms with Crippen molar-refractivity contribution in [1.82, 2.24) is 9.38 Å². The van der Waals surface area contributed by atoms with Gasteiger partial charge in [-0.3, -0.25) is 4.79 Å². The van der Waals surface area contributed by atoms with Crippen molar-refractivity contribution in [3.63, 3.8) is 0 Å². The van der Waals surface area contributed by atoms with Gasteiger partial charge in [-0.05, 0) is 42.5 Å². The quantitative estimate of drug-likeness (QED) is 0.737. The predicted molar refractivity (Wildman–Crippen MR) is 102 cm³/mol. The zero-order chi connectivity index (χ0) is 17.8. The SMILES string of the molecule is O=C(/C=C/c1cnc2ccccn12)Nc1ccc(N2CCOCC2)cc1. The number of rotatable bonds is 4.